The summed E-state index contributed by atoms with van der Waals surface area (Å²) in [7, 11) is 0. The normalized spacial score (nSPS) is 15.4. The van der Waals surface area contributed by atoms with Gasteiger partial charge in [-0.2, -0.15) is 0 Å². The topological polar surface area (TPSA) is 38.1 Å². The van der Waals surface area contributed by atoms with Crippen LogP contribution in [0.25, 0.3) is 11.3 Å². The lowest BCUT2D eigenvalue weighted by molar-refractivity contribution is 0.494. The van der Waals surface area contributed by atoms with Gasteiger partial charge in [0, 0.05) is 30.0 Å². The first kappa shape index (κ1) is 11.7. The summed E-state index contributed by atoms with van der Waals surface area (Å²) in [4.78, 5) is 4.31. The van der Waals surface area contributed by atoms with Crippen molar-refractivity contribution in [3.8, 4) is 11.3 Å². The van der Waals surface area contributed by atoms with E-state index in [1.807, 2.05) is 6.20 Å². The fourth-order valence-electron chi connectivity index (χ4n) is 1.67. The van der Waals surface area contributed by atoms with Gasteiger partial charge < -0.3 is 9.73 Å². The number of hydrogen-bond acceptors (Lipinski definition) is 4. The van der Waals surface area contributed by atoms with Crippen molar-refractivity contribution in [1.82, 2.24) is 10.3 Å². The molecule has 0 aromatic carbocycles. The van der Waals surface area contributed by atoms with Gasteiger partial charge >= 0.3 is 0 Å². The SMILES string of the molecule is Ic1cc(-c2cnc(CCNC3CC3)o2)cs1. The molecular weight excluding hydrogens is 347 g/mol. The van der Waals surface area contributed by atoms with E-state index in [1.54, 1.807) is 11.3 Å². The van der Waals surface area contributed by atoms with Gasteiger partial charge in [0.1, 0.15) is 0 Å². The Morgan fingerprint density at radius 2 is 2.41 bits per heavy atom. The molecule has 90 valence electrons. The first-order chi connectivity index (χ1) is 8.31. The van der Waals surface area contributed by atoms with Crippen molar-refractivity contribution in [2.75, 3.05) is 6.54 Å². The summed E-state index contributed by atoms with van der Waals surface area (Å²) in [6, 6.07) is 2.88. The first-order valence-electron chi connectivity index (χ1n) is 5.74. The Kier molecular flexibility index (Phi) is 3.49. The minimum Gasteiger partial charge on any atom is -0.441 e. The summed E-state index contributed by atoms with van der Waals surface area (Å²) in [6.45, 7) is 0.964. The van der Waals surface area contributed by atoms with Crippen molar-refractivity contribution in [3.05, 3.63) is 26.4 Å². The molecule has 0 unspecified atom stereocenters. The van der Waals surface area contributed by atoms with Crippen molar-refractivity contribution in [3.63, 3.8) is 0 Å². The summed E-state index contributed by atoms with van der Waals surface area (Å²) in [6.07, 6.45) is 5.34. The fourth-order valence-corrected chi connectivity index (χ4v) is 3.00. The average Bonchev–Trinajstić information content (AvgIpc) is 2.85. The largest absolute Gasteiger partial charge is 0.441 e. The quantitative estimate of drug-likeness (QED) is 0.832. The minimum atomic E-state index is 0.753. The van der Waals surface area contributed by atoms with E-state index >= 15 is 0 Å². The predicted octanol–water partition coefficient (Wildman–Crippen LogP) is 3.30. The van der Waals surface area contributed by atoms with Crippen LogP contribution < -0.4 is 5.32 Å². The van der Waals surface area contributed by atoms with Crippen LogP contribution in [0.5, 0.6) is 0 Å². The molecule has 0 spiro atoms. The molecular formula is C12H13IN2OS. The van der Waals surface area contributed by atoms with Gasteiger partial charge in [0.15, 0.2) is 11.7 Å². The number of aromatic nitrogens is 1. The Morgan fingerprint density at radius 1 is 1.53 bits per heavy atom. The fraction of sp³-hybridized carbons (Fsp3) is 0.417. The highest BCUT2D eigenvalue weighted by molar-refractivity contribution is 14.1. The van der Waals surface area contributed by atoms with E-state index in [2.05, 4.69) is 44.3 Å². The standard InChI is InChI=1S/C12H13IN2OS/c13-11-5-8(7-17-11)10-6-15-12(16-10)3-4-14-9-1-2-9/h5-7,9,14H,1-4H2. The maximum Gasteiger partial charge on any atom is 0.196 e. The summed E-state index contributed by atoms with van der Waals surface area (Å²) in [5.41, 5.74) is 1.13. The molecule has 1 saturated carbocycles. The van der Waals surface area contributed by atoms with Crippen molar-refractivity contribution in [1.29, 1.82) is 0 Å². The van der Waals surface area contributed by atoms with Crippen LogP contribution in [0.3, 0.4) is 0 Å². The lowest BCUT2D eigenvalue weighted by Gasteiger charge is -1.98. The summed E-state index contributed by atoms with van der Waals surface area (Å²) in [5.74, 6) is 1.71. The second kappa shape index (κ2) is 5.07. The second-order valence-electron chi connectivity index (χ2n) is 4.24. The van der Waals surface area contributed by atoms with Gasteiger partial charge in [-0.05, 0) is 41.5 Å². The van der Waals surface area contributed by atoms with E-state index in [0.717, 1.165) is 36.2 Å². The van der Waals surface area contributed by atoms with Gasteiger partial charge in [-0.1, -0.05) is 0 Å². The number of hydrogen-bond donors (Lipinski definition) is 1. The Morgan fingerprint density at radius 3 is 3.12 bits per heavy atom. The van der Waals surface area contributed by atoms with E-state index in [4.69, 9.17) is 4.42 Å². The van der Waals surface area contributed by atoms with Crippen LogP contribution in [0.15, 0.2) is 22.1 Å². The molecule has 0 bridgehead atoms. The van der Waals surface area contributed by atoms with Crippen LogP contribution >= 0.6 is 33.9 Å². The molecule has 0 amide bonds. The Hall–Kier alpha value is -0.400. The Balaban J connectivity index is 1.61. The Bertz CT molecular complexity index is 504. The summed E-state index contributed by atoms with van der Waals surface area (Å²) >= 11 is 4.04. The number of nitrogens with one attached hydrogen (secondary N) is 1. The molecule has 0 radical (unpaired) electrons. The van der Waals surface area contributed by atoms with Crippen LogP contribution in [-0.2, 0) is 6.42 Å². The van der Waals surface area contributed by atoms with Gasteiger partial charge in [0.25, 0.3) is 0 Å². The molecule has 1 aliphatic carbocycles. The first-order valence-corrected chi connectivity index (χ1v) is 7.69. The smallest absolute Gasteiger partial charge is 0.196 e. The average molecular weight is 360 g/mol. The summed E-state index contributed by atoms with van der Waals surface area (Å²) < 4.78 is 7.01. The highest BCUT2D eigenvalue weighted by Gasteiger charge is 2.20. The van der Waals surface area contributed by atoms with Gasteiger partial charge in [-0.15, -0.1) is 11.3 Å². The minimum absolute atomic E-state index is 0.753. The highest BCUT2D eigenvalue weighted by Crippen LogP contribution is 2.27. The van der Waals surface area contributed by atoms with E-state index in [-0.39, 0.29) is 0 Å². The number of oxazole rings is 1. The zero-order chi connectivity index (χ0) is 11.7. The number of halogens is 1. The third-order valence-corrected chi connectivity index (χ3v) is 4.54. The van der Waals surface area contributed by atoms with Crippen LogP contribution in [0.4, 0.5) is 0 Å². The van der Waals surface area contributed by atoms with Crippen LogP contribution in [-0.4, -0.2) is 17.6 Å². The predicted molar refractivity (Wildman–Crippen MR) is 77.3 cm³/mol. The van der Waals surface area contributed by atoms with E-state index in [1.165, 1.54) is 15.7 Å². The molecule has 2 heterocycles. The molecule has 1 aliphatic rings. The molecule has 3 nitrogen and oxygen atoms in total. The van der Waals surface area contributed by atoms with Crippen molar-refractivity contribution >= 4 is 33.9 Å². The lowest BCUT2D eigenvalue weighted by atomic mass is 10.3. The number of thiophene rings is 1. The van der Waals surface area contributed by atoms with Gasteiger partial charge in [0.05, 0.1) is 9.08 Å². The zero-order valence-electron chi connectivity index (χ0n) is 9.28. The van der Waals surface area contributed by atoms with E-state index in [0.29, 0.717) is 0 Å². The Labute approximate surface area is 118 Å². The van der Waals surface area contributed by atoms with E-state index < -0.39 is 0 Å². The molecule has 17 heavy (non-hydrogen) atoms. The van der Waals surface area contributed by atoms with Crippen molar-refractivity contribution < 1.29 is 4.42 Å². The van der Waals surface area contributed by atoms with Crippen molar-refractivity contribution in [2.45, 2.75) is 25.3 Å². The molecule has 2 aromatic heterocycles. The van der Waals surface area contributed by atoms with Gasteiger partial charge in [-0.25, -0.2) is 4.98 Å². The number of nitrogens with zero attached hydrogens (tertiary/aromatic N) is 1. The highest BCUT2D eigenvalue weighted by atomic mass is 127. The molecule has 1 fully saturated rings. The van der Waals surface area contributed by atoms with Crippen molar-refractivity contribution in [2.24, 2.45) is 0 Å². The third-order valence-electron chi connectivity index (χ3n) is 2.75. The van der Waals surface area contributed by atoms with Crippen LogP contribution in [0.2, 0.25) is 0 Å². The zero-order valence-corrected chi connectivity index (χ0v) is 12.3. The van der Waals surface area contributed by atoms with Crippen LogP contribution in [0.1, 0.15) is 18.7 Å². The molecule has 0 saturated heterocycles. The van der Waals surface area contributed by atoms with Gasteiger partial charge in [-0.3, -0.25) is 0 Å². The molecule has 1 N–H and O–H groups in total. The van der Waals surface area contributed by atoms with E-state index in [9.17, 15) is 0 Å². The second-order valence-corrected chi connectivity index (χ2v) is 7.04. The maximum atomic E-state index is 5.74. The third kappa shape index (κ3) is 3.08. The maximum absolute atomic E-state index is 5.74. The molecule has 5 heteroatoms. The number of rotatable bonds is 5. The molecule has 0 aliphatic heterocycles. The van der Waals surface area contributed by atoms with Gasteiger partial charge in [0.2, 0.25) is 0 Å². The molecule has 3 rings (SSSR count). The summed E-state index contributed by atoms with van der Waals surface area (Å²) in [5, 5.41) is 5.56. The monoisotopic (exact) mass is 360 g/mol. The lowest BCUT2D eigenvalue weighted by Crippen LogP contribution is -2.19. The van der Waals surface area contributed by atoms with Crippen LogP contribution in [0, 0.1) is 2.88 Å². The molecule has 2 aromatic rings. The molecule has 0 atom stereocenters.